The largest absolute Gasteiger partial charge is 0.444 e. The summed E-state index contributed by atoms with van der Waals surface area (Å²) in [5, 5.41) is 0.496. The summed E-state index contributed by atoms with van der Waals surface area (Å²) < 4.78 is 11.2. The molecule has 2 heterocycles. The molecule has 0 saturated carbocycles. The molecule has 1 aromatic rings. The summed E-state index contributed by atoms with van der Waals surface area (Å²) in [6.07, 6.45) is 5.82. The van der Waals surface area contributed by atoms with Crippen LogP contribution in [0.5, 0.6) is 0 Å². The fraction of sp³-hybridized carbons (Fsp3) is 0.684. The van der Waals surface area contributed by atoms with Crippen molar-refractivity contribution in [1.29, 1.82) is 0 Å². The van der Waals surface area contributed by atoms with Crippen LogP contribution in [-0.4, -0.2) is 41.3 Å². The zero-order valence-corrected chi connectivity index (χ0v) is 16.2. The number of piperidine rings is 1. The van der Waals surface area contributed by atoms with Crippen molar-refractivity contribution < 1.29 is 14.3 Å². The molecule has 0 N–H and O–H groups in total. The number of amides is 1. The number of carbonyl (C=O) groups excluding carboxylic acids is 1. The van der Waals surface area contributed by atoms with Gasteiger partial charge in [0.05, 0.1) is 6.61 Å². The molecule has 0 radical (unpaired) electrons. The van der Waals surface area contributed by atoms with Crippen molar-refractivity contribution in [2.24, 2.45) is 5.92 Å². The first-order valence-electron chi connectivity index (χ1n) is 8.99. The predicted octanol–water partition coefficient (Wildman–Crippen LogP) is 4.68. The second-order valence-electron chi connectivity index (χ2n) is 7.62. The van der Waals surface area contributed by atoms with Crippen LogP contribution in [0.25, 0.3) is 0 Å². The molecule has 1 saturated heterocycles. The summed E-state index contributed by atoms with van der Waals surface area (Å²) in [5.74, 6) is 0.530. The van der Waals surface area contributed by atoms with E-state index in [9.17, 15) is 4.79 Å². The van der Waals surface area contributed by atoms with Crippen LogP contribution < -0.4 is 0 Å². The fourth-order valence-corrected chi connectivity index (χ4v) is 3.06. The van der Waals surface area contributed by atoms with E-state index in [1.54, 1.807) is 12.3 Å². The molecule has 25 heavy (non-hydrogen) atoms. The number of pyridine rings is 1. The summed E-state index contributed by atoms with van der Waals surface area (Å²) in [5.41, 5.74) is 0.590. The normalized spacial score (nSPS) is 18.2. The van der Waals surface area contributed by atoms with E-state index in [0.29, 0.717) is 24.3 Å². The molecule has 1 aromatic heterocycles. The maximum atomic E-state index is 12.2. The molecule has 6 heteroatoms. The maximum Gasteiger partial charge on any atom is 0.410 e. The number of rotatable bonds is 6. The maximum absolute atomic E-state index is 12.2. The van der Waals surface area contributed by atoms with E-state index in [1.165, 1.54) is 6.42 Å². The van der Waals surface area contributed by atoms with Crippen LogP contribution in [0.15, 0.2) is 18.3 Å². The van der Waals surface area contributed by atoms with Crippen LogP contribution in [0.2, 0.25) is 5.15 Å². The lowest BCUT2D eigenvalue weighted by Gasteiger charge is -2.34. The first kappa shape index (κ1) is 20.0. The summed E-state index contributed by atoms with van der Waals surface area (Å²) >= 11 is 5.76. The van der Waals surface area contributed by atoms with Crippen LogP contribution in [0.3, 0.4) is 0 Å². The summed E-state index contributed by atoms with van der Waals surface area (Å²) in [7, 11) is 0. The molecule has 0 aliphatic carbocycles. The zero-order valence-electron chi connectivity index (χ0n) is 15.5. The van der Waals surface area contributed by atoms with Gasteiger partial charge in [-0.05, 0) is 64.0 Å². The standard InChI is InChI=1S/C19H29ClN2O3/c1-19(2,3)25-18(23)22-10-4-6-15(13-22)7-5-11-24-14-16-8-9-17(20)21-12-16/h8-9,12,15H,4-7,10-11,13-14H2,1-3H3. The molecule has 1 fully saturated rings. The second-order valence-corrected chi connectivity index (χ2v) is 8.01. The van der Waals surface area contributed by atoms with Crippen molar-refractivity contribution in [2.45, 2.75) is 58.7 Å². The SMILES string of the molecule is CC(C)(C)OC(=O)N1CCCC(CCCOCc2ccc(Cl)nc2)C1. The van der Waals surface area contributed by atoms with Gasteiger partial charge in [0.15, 0.2) is 0 Å². The highest BCUT2D eigenvalue weighted by atomic mass is 35.5. The van der Waals surface area contributed by atoms with Gasteiger partial charge in [0.1, 0.15) is 10.8 Å². The zero-order chi connectivity index (χ0) is 18.3. The Morgan fingerprint density at radius 2 is 2.20 bits per heavy atom. The summed E-state index contributed by atoms with van der Waals surface area (Å²) in [6, 6.07) is 3.70. The topological polar surface area (TPSA) is 51.7 Å². The van der Waals surface area contributed by atoms with Gasteiger partial charge in [-0.2, -0.15) is 0 Å². The molecule has 140 valence electrons. The lowest BCUT2D eigenvalue weighted by atomic mass is 9.94. The number of likely N-dealkylation sites (tertiary alicyclic amines) is 1. The van der Waals surface area contributed by atoms with E-state index in [0.717, 1.165) is 37.9 Å². The number of ether oxygens (including phenoxy) is 2. The smallest absolute Gasteiger partial charge is 0.410 e. The second kappa shape index (κ2) is 9.39. The number of nitrogens with zero attached hydrogens (tertiary/aromatic N) is 2. The highest BCUT2D eigenvalue weighted by molar-refractivity contribution is 6.29. The minimum absolute atomic E-state index is 0.191. The van der Waals surface area contributed by atoms with Crippen molar-refractivity contribution in [1.82, 2.24) is 9.88 Å². The van der Waals surface area contributed by atoms with Crippen LogP contribution in [-0.2, 0) is 16.1 Å². The molecular weight excluding hydrogens is 340 g/mol. The van der Waals surface area contributed by atoms with E-state index in [-0.39, 0.29) is 6.09 Å². The van der Waals surface area contributed by atoms with Crippen LogP contribution in [0.4, 0.5) is 4.79 Å². The lowest BCUT2D eigenvalue weighted by Crippen LogP contribution is -2.42. The molecular formula is C19H29ClN2O3. The fourth-order valence-electron chi connectivity index (χ4n) is 2.95. The Bertz CT molecular complexity index is 543. The first-order chi connectivity index (χ1) is 11.8. The molecule has 1 amide bonds. The summed E-state index contributed by atoms with van der Waals surface area (Å²) in [4.78, 5) is 18.1. The number of carbonyl (C=O) groups is 1. The molecule has 1 unspecified atom stereocenters. The Hall–Kier alpha value is -1.33. The minimum Gasteiger partial charge on any atom is -0.444 e. The van der Waals surface area contributed by atoms with Crippen molar-refractivity contribution >= 4 is 17.7 Å². The van der Waals surface area contributed by atoms with Gasteiger partial charge in [0.2, 0.25) is 0 Å². The Balaban J connectivity index is 1.63. The molecule has 1 atom stereocenters. The number of hydrogen-bond donors (Lipinski definition) is 0. The van der Waals surface area contributed by atoms with E-state index in [1.807, 2.05) is 31.7 Å². The van der Waals surface area contributed by atoms with Crippen molar-refractivity contribution in [3.05, 3.63) is 29.0 Å². The van der Waals surface area contributed by atoms with E-state index in [2.05, 4.69) is 4.98 Å². The van der Waals surface area contributed by atoms with Gasteiger partial charge in [-0.1, -0.05) is 17.7 Å². The van der Waals surface area contributed by atoms with Crippen LogP contribution >= 0.6 is 11.6 Å². The van der Waals surface area contributed by atoms with Gasteiger partial charge in [-0.15, -0.1) is 0 Å². The van der Waals surface area contributed by atoms with Gasteiger partial charge in [0.25, 0.3) is 0 Å². The van der Waals surface area contributed by atoms with Gasteiger partial charge in [-0.3, -0.25) is 0 Å². The highest BCUT2D eigenvalue weighted by Gasteiger charge is 2.27. The van der Waals surface area contributed by atoms with E-state index >= 15 is 0 Å². The minimum atomic E-state index is -0.436. The highest BCUT2D eigenvalue weighted by Crippen LogP contribution is 2.23. The molecule has 1 aliphatic heterocycles. The first-order valence-corrected chi connectivity index (χ1v) is 9.37. The Morgan fingerprint density at radius 1 is 1.40 bits per heavy atom. The Morgan fingerprint density at radius 3 is 2.88 bits per heavy atom. The van der Waals surface area contributed by atoms with Gasteiger partial charge in [-0.25, -0.2) is 9.78 Å². The van der Waals surface area contributed by atoms with Gasteiger partial charge >= 0.3 is 6.09 Å². The number of hydrogen-bond acceptors (Lipinski definition) is 4. The Labute approximate surface area is 155 Å². The lowest BCUT2D eigenvalue weighted by molar-refractivity contribution is 0.0155. The van der Waals surface area contributed by atoms with Crippen molar-refractivity contribution in [3.63, 3.8) is 0 Å². The molecule has 0 spiro atoms. The molecule has 5 nitrogen and oxygen atoms in total. The van der Waals surface area contributed by atoms with E-state index in [4.69, 9.17) is 21.1 Å². The quantitative estimate of drug-likeness (QED) is 0.540. The molecule has 1 aliphatic rings. The van der Waals surface area contributed by atoms with Crippen LogP contribution in [0, 0.1) is 5.92 Å². The number of aromatic nitrogens is 1. The molecule has 0 bridgehead atoms. The third-order valence-corrected chi connectivity index (χ3v) is 4.35. The van der Waals surface area contributed by atoms with Crippen molar-refractivity contribution in [2.75, 3.05) is 19.7 Å². The van der Waals surface area contributed by atoms with Crippen LogP contribution in [0.1, 0.15) is 52.0 Å². The van der Waals surface area contributed by atoms with E-state index < -0.39 is 5.60 Å². The van der Waals surface area contributed by atoms with Crippen molar-refractivity contribution in [3.8, 4) is 0 Å². The average Bonchev–Trinajstić information content (AvgIpc) is 2.55. The number of halogens is 1. The Kier molecular flexibility index (Phi) is 7.51. The van der Waals surface area contributed by atoms with Gasteiger partial charge in [0, 0.05) is 25.9 Å². The summed E-state index contributed by atoms with van der Waals surface area (Å²) in [6.45, 7) is 8.56. The predicted molar refractivity (Wildman–Crippen MR) is 98.7 cm³/mol. The third kappa shape index (κ3) is 7.61. The van der Waals surface area contributed by atoms with Gasteiger partial charge < -0.3 is 14.4 Å². The third-order valence-electron chi connectivity index (χ3n) is 4.13. The average molecular weight is 369 g/mol. The molecule has 0 aromatic carbocycles. The monoisotopic (exact) mass is 368 g/mol. The molecule has 2 rings (SSSR count).